The molecule has 0 aliphatic rings. The Labute approximate surface area is 113 Å². The van der Waals surface area contributed by atoms with Crippen LogP contribution in [0.2, 0.25) is 5.02 Å². The molecule has 0 saturated carbocycles. The van der Waals surface area contributed by atoms with Crippen LogP contribution in [0.4, 0.5) is 5.69 Å². The highest BCUT2D eigenvalue weighted by molar-refractivity contribution is 6.33. The van der Waals surface area contributed by atoms with E-state index >= 15 is 0 Å². The quantitative estimate of drug-likeness (QED) is 0.892. The number of nitrogens with one attached hydrogen (secondary N) is 1. The van der Waals surface area contributed by atoms with Gasteiger partial charge in [-0.25, -0.2) is 0 Å². The molecule has 3 N–H and O–H groups in total. The van der Waals surface area contributed by atoms with E-state index in [1.54, 1.807) is 6.07 Å². The topological polar surface area (TPSA) is 55.1 Å². The van der Waals surface area contributed by atoms with Crippen LogP contribution < -0.4 is 11.1 Å². The van der Waals surface area contributed by atoms with Gasteiger partial charge >= 0.3 is 0 Å². The molecule has 1 unspecified atom stereocenters. The molecule has 0 saturated heterocycles. The van der Waals surface area contributed by atoms with Crippen molar-refractivity contribution in [2.45, 2.75) is 26.8 Å². The predicted molar refractivity (Wildman–Crippen MR) is 74.9 cm³/mol. The van der Waals surface area contributed by atoms with Crippen LogP contribution in [0.25, 0.3) is 0 Å². The number of hydrogen-bond donors (Lipinski definition) is 2. The number of nitrogens with two attached hydrogens (primary N) is 1. The smallest absolute Gasteiger partial charge is 0.241 e. The number of rotatable bonds is 3. The van der Waals surface area contributed by atoms with Crippen molar-refractivity contribution in [3.8, 4) is 0 Å². The molecule has 1 amide bonds. The molecule has 0 spiro atoms. The lowest BCUT2D eigenvalue weighted by molar-refractivity contribution is -0.118. The number of benzene rings is 1. The van der Waals surface area contributed by atoms with Crippen LogP contribution in [0.1, 0.15) is 19.4 Å². The van der Waals surface area contributed by atoms with E-state index in [9.17, 15) is 4.79 Å². The summed E-state index contributed by atoms with van der Waals surface area (Å²) < 4.78 is 0. The van der Waals surface area contributed by atoms with Gasteiger partial charge in [-0.3, -0.25) is 4.79 Å². The minimum Gasteiger partial charge on any atom is -0.323 e. The fourth-order valence-corrected chi connectivity index (χ4v) is 1.42. The molecule has 0 bridgehead atoms. The summed E-state index contributed by atoms with van der Waals surface area (Å²) in [6.45, 7) is 5.75. The molecule has 0 radical (unpaired) electrons. The molecule has 3 nitrogen and oxygen atoms in total. The first-order chi connectivity index (χ1) is 7.41. The summed E-state index contributed by atoms with van der Waals surface area (Å²) in [5.74, 6) is -0.105. The maximum absolute atomic E-state index is 11.7. The van der Waals surface area contributed by atoms with E-state index in [1.165, 1.54) is 0 Å². The first kappa shape index (κ1) is 16.2. The van der Waals surface area contributed by atoms with Gasteiger partial charge in [0.1, 0.15) is 0 Å². The van der Waals surface area contributed by atoms with Gasteiger partial charge in [-0.2, -0.15) is 0 Å². The van der Waals surface area contributed by atoms with Gasteiger partial charge in [0.25, 0.3) is 0 Å². The highest BCUT2D eigenvalue weighted by atomic mass is 35.5. The van der Waals surface area contributed by atoms with Gasteiger partial charge in [0.2, 0.25) is 5.91 Å². The standard InChI is InChI=1S/C12H17ClN2O.ClH/c1-7(2)11(14)12(16)15-10-6-8(3)4-5-9(10)13;/h4-7,11H,14H2,1-3H3,(H,15,16);1H. The van der Waals surface area contributed by atoms with Crippen LogP contribution >= 0.6 is 24.0 Å². The number of anilines is 1. The fourth-order valence-electron chi connectivity index (χ4n) is 1.25. The molecule has 0 aliphatic carbocycles. The SMILES string of the molecule is Cc1ccc(Cl)c(NC(=O)C(N)C(C)C)c1.Cl. The third-order valence-electron chi connectivity index (χ3n) is 2.40. The highest BCUT2D eigenvalue weighted by Crippen LogP contribution is 2.23. The summed E-state index contributed by atoms with van der Waals surface area (Å²) in [7, 11) is 0. The van der Waals surface area contributed by atoms with Crippen LogP contribution in [-0.4, -0.2) is 11.9 Å². The molecular weight excluding hydrogens is 259 g/mol. The Morgan fingerprint density at radius 1 is 1.41 bits per heavy atom. The summed E-state index contributed by atoms with van der Waals surface area (Å²) in [6, 6.07) is 4.96. The number of carbonyl (C=O) groups is 1. The first-order valence-corrected chi connectivity index (χ1v) is 5.62. The minimum atomic E-state index is -0.517. The Kier molecular flexibility index (Phi) is 6.53. The zero-order valence-electron chi connectivity index (χ0n) is 10.2. The highest BCUT2D eigenvalue weighted by Gasteiger charge is 2.17. The molecule has 1 aromatic rings. The van der Waals surface area contributed by atoms with Crippen molar-refractivity contribution >= 4 is 35.6 Å². The van der Waals surface area contributed by atoms with Crippen LogP contribution in [-0.2, 0) is 4.79 Å². The Morgan fingerprint density at radius 2 is 2.00 bits per heavy atom. The van der Waals surface area contributed by atoms with Crippen LogP contribution in [0, 0.1) is 12.8 Å². The minimum absolute atomic E-state index is 0. The molecule has 0 aromatic heterocycles. The van der Waals surface area contributed by atoms with E-state index in [-0.39, 0.29) is 24.2 Å². The molecule has 0 fully saturated rings. The van der Waals surface area contributed by atoms with E-state index in [4.69, 9.17) is 17.3 Å². The van der Waals surface area contributed by atoms with Gasteiger partial charge in [0.05, 0.1) is 16.8 Å². The lowest BCUT2D eigenvalue weighted by Crippen LogP contribution is -2.39. The van der Waals surface area contributed by atoms with Crippen LogP contribution in [0.3, 0.4) is 0 Å². The monoisotopic (exact) mass is 276 g/mol. The molecule has 5 heteroatoms. The van der Waals surface area contributed by atoms with E-state index < -0.39 is 6.04 Å². The third kappa shape index (κ3) is 4.54. The summed E-state index contributed by atoms with van der Waals surface area (Å²) in [5.41, 5.74) is 7.39. The van der Waals surface area contributed by atoms with Gasteiger partial charge < -0.3 is 11.1 Å². The lowest BCUT2D eigenvalue weighted by Gasteiger charge is -2.16. The number of amides is 1. The first-order valence-electron chi connectivity index (χ1n) is 5.24. The molecule has 1 aromatic carbocycles. The summed E-state index contributed by atoms with van der Waals surface area (Å²) >= 11 is 5.97. The molecule has 1 rings (SSSR count). The fraction of sp³-hybridized carbons (Fsp3) is 0.417. The van der Waals surface area contributed by atoms with Crippen molar-refractivity contribution in [3.05, 3.63) is 28.8 Å². The molecular formula is C12H18Cl2N2O. The molecule has 17 heavy (non-hydrogen) atoms. The van der Waals surface area contributed by atoms with Gasteiger partial charge in [-0.05, 0) is 30.5 Å². The van der Waals surface area contributed by atoms with E-state index in [0.717, 1.165) is 5.56 Å². The average molecular weight is 277 g/mol. The van der Waals surface area contributed by atoms with E-state index in [1.807, 2.05) is 32.9 Å². The number of carbonyl (C=O) groups excluding carboxylic acids is 1. The van der Waals surface area contributed by atoms with Crippen molar-refractivity contribution in [2.24, 2.45) is 11.7 Å². The Balaban J connectivity index is 0.00000256. The average Bonchev–Trinajstić information content (AvgIpc) is 2.22. The van der Waals surface area contributed by atoms with Gasteiger partial charge in [-0.1, -0.05) is 31.5 Å². The Bertz CT molecular complexity index is 394. The molecule has 96 valence electrons. The normalized spacial score (nSPS) is 11.9. The number of halogens is 2. The number of hydrogen-bond acceptors (Lipinski definition) is 2. The summed E-state index contributed by atoms with van der Waals surface area (Å²) in [4.78, 5) is 11.7. The molecule has 0 heterocycles. The van der Waals surface area contributed by atoms with Crippen molar-refractivity contribution in [3.63, 3.8) is 0 Å². The Hall–Kier alpha value is -0.770. The predicted octanol–water partition coefficient (Wildman–Crippen LogP) is 2.99. The third-order valence-corrected chi connectivity index (χ3v) is 2.73. The van der Waals surface area contributed by atoms with Crippen molar-refractivity contribution in [1.82, 2.24) is 0 Å². The largest absolute Gasteiger partial charge is 0.323 e. The van der Waals surface area contributed by atoms with Gasteiger partial charge in [0.15, 0.2) is 0 Å². The van der Waals surface area contributed by atoms with Crippen molar-refractivity contribution in [2.75, 3.05) is 5.32 Å². The Morgan fingerprint density at radius 3 is 2.53 bits per heavy atom. The zero-order chi connectivity index (χ0) is 12.3. The second-order valence-corrected chi connectivity index (χ2v) is 4.65. The second-order valence-electron chi connectivity index (χ2n) is 4.24. The summed E-state index contributed by atoms with van der Waals surface area (Å²) in [6.07, 6.45) is 0. The molecule has 0 aliphatic heterocycles. The van der Waals surface area contributed by atoms with Crippen molar-refractivity contribution in [1.29, 1.82) is 0 Å². The number of aryl methyl sites for hydroxylation is 1. The second kappa shape index (κ2) is 6.84. The van der Waals surface area contributed by atoms with E-state index in [0.29, 0.717) is 10.7 Å². The molecule has 1 atom stereocenters. The van der Waals surface area contributed by atoms with Gasteiger partial charge in [0, 0.05) is 0 Å². The zero-order valence-corrected chi connectivity index (χ0v) is 11.7. The van der Waals surface area contributed by atoms with Crippen molar-refractivity contribution < 1.29 is 4.79 Å². The van der Waals surface area contributed by atoms with Crippen LogP contribution in [0.5, 0.6) is 0 Å². The maximum Gasteiger partial charge on any atom is 0.241 e. The van der Waals surface area contributed by atoms with Gasteiger partial charge in [-0.15, -0.1) is 12.4 Å². The maximum atomic E-state index is 11.7. The lowest BCUT2D eigenvalue weighted by atomic mass is 10.0. The van der Waals surface area contributed by atoms with E-state index in [2.05, 4.69) is 5.32 Å². The van der Waals surface area contributed by atoms with Crippen LogP contribution in [0.15, 0.2) is 18.2 Å². The summed E-state index contributed by atoms with van der Waals surface area (Å²) in [5, 5.41) is 3.26.